The molecule has 2 rings (SSSR count). The predicted octanol–water partition coefficient (Wildman–Crippen LogP) is 3.31. The standard InChI is InChI=1S/C13H15N3O2S/c1-9(8-19-2)15-12-6-5-11-10(4-3-7-14-11)13(12)16(17)18/h3-7,9,15H,8H2,1-2H3. The maximum absolute atomic E-state index is 11.3. The normalized spacial score (nSPS) is 12.3. The molecule has 1 aromatic carbocycles. The van der Waals surface area contributed by atoms with Gasteiger partial charge >= 0.3 is 5.69 Å². The molecule has 2 aromatic rings. The van der Waals surface area contributed by atoms with Gasteiger partial charge in [0, 0.05) is 18.0 Å². The number of rotatable bonds is 5. The third-order valence-electron chi connectivity index (χ3n) is 2.76. The van der Waals surface area contributed by atoms with Crippen LogP contribution in [0.25, 0.3) is 10.9 Å². The topological polar surface area (TPSA) is 68.1 Å². The molecule has 5 nitrogen and oxygen atoms in total. The highest BCUT2D eigenvalue weighted by Crippen LogP contribution is 2.32. The number of nitrogens with one attached hydrogen (secondary N) is 1. The Morgan fingerprint density at radius 3 is 2.95 bits per heavy atom. The summed E-state index contributed by atoms with van der Waals surface area (Å²) in [4.78, 5) is 15.1. The van der Waals surface area contributed by atoms with Crippen molar-refractivity contribution in [2.45, 2.75) is 13.0 Å². The zero-order valence-corrected chi connectivity index (χ0v) is 11.6. The summed E-state index contributed by atoms with van der Waals surface area (Å²) >= 11 is 1.70. The van der Waals surface area contributed by atoms with E-state index in [4.69, 9.17) is 0 Å². The van der Waals surface area contributed by atoms with E-state index in [2.05, 4.69) is 10.3 Å². The van der Waals surface area contributed by atoms with Crippen LogP contribution in [0, 0.1) is 10.1 Å². The Labute approximate surface area is 115 Å². The average Bonchev–Trinajstić information content (AvgIpc) is 2.38. The van der Waals surface area contributed by atoms with Crippen molar-refractivity contribution in [2.75, 3.05) is 17.3 Å². The number of aromatic nitrogens is 1. The van der Waals surface area contributed by atoms with Crippen molar-refractivity contribution in [3.8, 4) is 0 Å². The van der Waals surface area contributed by atoms with Crippen LogP contribution < -0.4 is 5.32 Å². The summed E-state index contributed by atoms with van der Waals surface area (Å²) in [5.41, 5.74) is 1.28. The van der Waals surface area contributed by atoms with Crippen molar-refractivity contribution in [2.24, 2.45) is 0 Å². The summed E-state index contributed by atoms with van der Waals surface area (Å²) in [5.74, 6) is 0.891. The SMILES string of the molecule is CSCC(C)Nc1ccc2ncccc2c1[N+](=O)[O-]. The molecule has 0 saturated carbocycles. The molecule has 0 radical (unpaired) electrons. The molecule has 0 saturated heterocycles. The third kappa shape index (κ3) is 2.96. The molecule has 0 fully saturated rings. The van der Waals surface area contributed by atoms with Crippen molar-refractivity contribution in [1.29, 1.82) is 0 Å². The lowest BCUT2D eigenvalue weighted by Gasteiger charge is -2.14. The number of hydrogen-bond acceptors (Lipinski definition) is 5. The molecular weight excluding hydrogens is 262 g/mol. The Bertz CT molecular complexity index is 603. The van der Waals surface area contributed by atoms with Gasteiger partial charge in [-0.2, -0.15) is 11.8 Å². The lowest BCUT2D eigenvalue weighted by atomic mass is 10.1. The average molecular weight is 277 g/mol. The Hall–Kier alpha value is -1.82. The second-order valence-electron chi connectivity index (χ2n) is 4.29. The van der Waals surface area contributed by atoms with Crippen LogP contribution in [0.3, 0.4) is 0 Å². The number of anilines is 1. The number of fused-ring (bicyclic) bond motifs is 1. The lowest BCUT2D eigenvalue weighted by Crippen LogP contribution is -2.18. The minimum absolute atomic E-state index is 0.0959. The monoisotopic (exact) mass is 277 g/mol. The largest absolute Gasteiger partial charge is 0.376 e. The van der Waals surface area contributed by atoms with Gasteiger partial charge in [-0.25, -0.2) is 0 Å². The van der Waals surface area contributed by atoms with E-state index in [1.165, 1.54) is 0 Å². The van der Waals surface area contributed by atoms with Gasteiger partial charge in [0.2, 0.25) is 0 Å². The van der Waals surface area contributed by atoms with Gasteiger partial charge in [0.25, 0.3) is 0 Å². The molecule has 0 spiro atoms. The summed E-state index contributed by atoms with van der Waals surface area (Å²) < 4.78 is 0. The van der Waals surface area contributed by atoms with Crippen LogP contribution in [0.2, 0.25) is 0 Å². The molecule has 0 aliphatic rings. The number of pyridine rings is 1. The lowest BCUT2D eigenvalue weighted by molar-refractivity contribution is -0.382. The van der Waals surface area contributed by atoms with E-state index in [-0.39, 0.29) is 16.7 Å². The van der Waals surface area contributed by atoms with Gasteiger partial charge in [0.1, 0.15) is 5.69 Å². The maximum atomic E-state index is 11.3. The zero-order chi connectivity index (χ0) is 13.8. The Kier molecular flexibility index (Phi) is 4.21. The molecular formula is C13H15N3O2S. The van der Waals surface area contributed by atoms with Crippen molar-refractivity contribution in [3.05, 3.63) is 40.6 Å². The van der Waals surface area contributed by atoms with Crippen molar-refractivity contribution in [1.82, 2.24) is 4.98 Å². The first kappa shape index (κ1) is 13.6. The summed E-state index contributed by atoms with van der Waals surface area (Å²) in [5, 5.41) is 15.1. The molecule has 6 heteroatoms. The van der Waals surface area contributed by atoms with E-state index < -0.39 is 0 Å². The van der Waals surface area contributed by atoms with E-state index >= 15 is 0 Å². The fourth-order valence-electron chi connectivity index (χ4n) is 2.01. The highest BCUT2D eigenvalue weighted by molar-refractivity contribution is 7.98. The number of nitrogens with zero attached hydrogens (tertiary/aromatic N) is 2. The molecule has 19 heavy (non-hydrogen) atoms. The Balaban J connectivity index is 2.49. The molecule has 1 unspecified atom stereocenters. The van der Waals surface area contributed by atoms with Crippen LogP contribution in [0.5, 0.6) is 0 Å². The van der Waals surface area contributed by atoms with Gasteiger partial charge in [0.05, 0.1) is 15.8 Å². The first-order chi connectivity index (χ1) is 9.13. The summed E-state index contributed by atoms with van der Waals surface area (Å²) in [6.45, 7) is 2.01. The first-order valence-electron chi connectivity index (χ1n) is 5.91. The minimum Gasteiger partial charge on any atom is -0.376 e. The van der Waals surface area contributed by atoms with Gasteiger partial charge in [-0.3, -0.25) is 15.1 Å². The van der Waals surface area contributed by atoms with E-state index in [0.717, 1.165) is 5.75 Å². The molecule has 1 N–H and O–H groups in total. The zero-order valence-electron chi connectivity index (χ0n) is 10.8. The van der Waals surface area contributed by atoms with Gasteiger partial charge in [-0.1, -0.05) is 0 Å². The highest BCUT2D eigenvalue weighted by Gasteiger charge is 2.19. The van der Waals surface area contributed by atoms with Crippen LogP contribution in [-0.4, -0.2) is 28.0 Å². The summed E-state index contributed by atoms with van der Waals surface area (Å²) in [6, 6.07) is 7.14. The van der Waals surface area contributed by atoms with Crippen molar-refractivity contribution < 1.29 is 4.92 Å². The Morgan fingerprint density at radius 2 is 2.26 bits per heavy atom. The molecule has 0 amide bonds. The number of hydrogen-bond donors (Lipinski definition) is 1. The maximum Gasteiger partial charge on any atom is 0.301 e. The second kappa shape index (κ2) is 5.88. The number of thioether (sulfide) groups is 1. The molecule has 100 valence electrons. The molecule has 1 heterocycles. The highest BCUT2D eigenvalue weighted by atomic mass is 32.2. The fraction of sp³-hybridized carbons (Fsp3) is 0.308. The van der Waals surface area contributed by atoms with E-state index in [1.807, 2.05) is 13.2 Å². The van der Waals surface area contributed by atoms with E-state index in [0.29, 0.717) is 16.6 Å². The Morgan fingerprint density at radius 1 is 1.47 bits per heavy atom. The number of nitro benzene ring substituents is 1. The van der Waals surface area contributed by atoms with Gasteiger partial charge in [-0.05, 0) is 37.4 Å². The fourth-order valence-corrected chi connectivity index (χ4v) is 2.59. The molecule has 1 atom stereocenters. The predicted molar refractivity (Wildman–Crippen MR) is 79.9 cm³/mol. The third-order valence-corrected chi connectivity index (χ3v) is 3.59. The van der Waals surface area contributed by atoms with Crippen LogP contribution in [0.15, 0.2) is 30.5 Å². The smallest absolute Gasteiger partial charge is 0.301 e. The van der Waals surface area contributed by atoms with Crippen LogP contribution in [-0.2, 0) is 0 Å². The van der Waals surface area contributed by atoms with Crippen LogP contribution in [0.1, 0.15) is 6.92 Å². The molecule has 0 bridgehead atoms. The minimum atomic E-state index is -0.349. The van der Waals surface area contributed by atoms with E-state index in [1.54, 1.807) is 42.2 Å². The van der Waals surface area contributed by atoms with Gasteiger partial charge < -0.3 is 5.32 Å². The van der Waals surface area contributed by atoms with E-state index in [9.17, 15) is 10.1 Å². The van der Waals surface area contributed by atoms with Crippen LogP contribution >= 0.6 is 11.8 Å². The number of benzene rings is 1. The van der Waals surface area contributed by atoms with Gasteiger partial charge in [0.15, 0.2) is 0 Å². The second-order valence-corrected chi connectivity index (χ2v) is 5.20. The molecule has 0 aliphatic carbocycles. The molecule has 1 aromatic heterocycles. The first-order valence-corrected chi connectivity index (χ1v) is 7.30. The van der Waals surface area contributed by atoms with Crippen molar-refractivity contribution >= 4 is 34.0 Å². The number of nitro groups is 1. The summed E-state index contributed by atoms with van der Waals surface area (Å²) in [6.07, 6.45) is 3.65. The van der Waals surface area contributed by atoms with Crippen molar-refractivity contribution in [3.63, 3.8) is 0 Å². The summed E-state index contributed by atoms with van der Waals surface area (Å²) in [7, 11) is 0. The van der Waals surface area contributed by atoms with Gasteiger partial charge in [-0.15, -0.1) is 0 Å². The van der Waals surface area contributed by atoms with Crippen LogP contribution in [0.4, 0.5) is 11.4 Å². The quantitative estimate of drug-likeness (QED) is 0.670. The molecule has 0 aliphatic heterocycles.